The zero-order valence-corrected chi connectivity index (χ0v) is 4.39. The van der Waals surface area contributed by atoms with Crippen LogP contribution in [0, 0.1) is 6.10 Å². The Bertz CT molecular complexity index is 70.1. The molecule has 0 aliphatic carbocycles. The number of primary amides is 1. The van der Waals surface area contributed by atoms with E-state index in [1.54, 1.807) is 13.8 Å². The molecule has 1 amide bonds. The van der Waals surface area contributed by atoms with Gasteiger partial charge in [0, 0.05) is 0 Å². The molecule has 0 heterocycles. The fourth-order valence-corrected chi connectivity index (χ4v) is 0.201. The molecule has 0 aromatic rings. The molecule has 0 aliphatic heterocycles. The first-order valence-corrected chi connectivity index (χ1v) is 1.90. The fourth-order valence-electron chi connectivity index (χ4n) is 0.201. The predicted molar refractivity (Wildman–Crippen MR) is 25.3 cm³/mol. The van der Waals surface area contributed by atoms with Crippen molar-refractivity contribution in [3.63, 3.8) is 0 Å². The van der Waals surface area contributed by atoms with E-state index in [9.17, 15) is 4.79 Å². The third kappa shape index (κ3) is 5.27. The van der Waals surface area contributed by atoms with Crippen LogP contribution < -0.4 is 5.73 Å². The summed E-state index contributed by atoms with van der Waals surface area (Å²) in [5.74, 6) is 0. The third-order valence-electron chi connectivity index (χ3n) is 0.305. The van der Waals surface area contributed by atoms with Crippen molar-refractivity contribution < 1.29 is 9.53 Å². The van der Waals surface area contributed by atoms with Gasteiger partial charge in [-0.1, -0.05) is 0 Å². The van der Waals surface area contributed by atoms with Crippen LogP contribution in [0.1, 0.15) is 13.8 Å². The molecule has 41 valence electrons. The fraction of sp³-hybridized carbons (Fsp3) is 0.500. The summed E-state index contributed by atoms with van der Waals surface area (Å²) in [6.07, 6.45) is -0.187. The van der Waals surface area contributed by atoms with E-state index >= 15 is 0 Å². The number of hydrogen-bond donors (Lipinski definition) is 1. The Kier molecular flexibility index (Phi) is 2.19. The highest BCUT2D eigenvalue weighted by Gasteiger charge is 1.96. The number of rotatable bonds is 1. The van der Waals surface area contributed by atoms with Crippen molar-refractivity contribution in [1.82, 2.24) is 0 Å². The minimum absolute atomic E-state index is 0.563. The number of ether oxygens (including phenoxy) is 1. The SMILES string of the molecule is C[C](C)OC(N)=O. The van der Waals surface area contributed by atoms with Gasteiger partial charge < -0.3 is 10.5 Å². The predicted octanol–water partition coefficient (Wildman–Crippen LogP) is 0.653. The standard InChI is InChI=1S/C4H8NO2/c1-3(2)7-4(5)6/h1-2H3,(H2,5,6). The summed E-state index contributed by atoms with van der Waals surface area (Å²) in [5.41, 5.74) is 4.61. The first kappa shape index (κ1) is 6.27. The zero-order valence-electron chi connectivity index (χ0n) is 4.39. The molecule has 3 heteroatoms. The molecule has 0 fully saturated rings. The van der Waals surface area contributed by atoms with E-state index in [0.717, 1.165) is 0 Å². The minimum Gasteiger partial charge on any atom is -0.439 e. The molecular formula is C4H8NO2. The Morgan fingerprint density at radius 3 is 2.00 bits per heavy atom. The molecule has 1 radical (unpaired) electrons. The van der Waals surface area contributed by atoms with Gasteiger partial charge >= 0.3 is 6.09 Å². The molecule has 7 heavy (non-hydrogen) atoms. The number of carbonyl (C=O) groups is 1. The zero-order chi connectivity index (χ0) is 5.86. The maximum absolute atomic E-state index is 9.79. The summed E-state index contributed by atoms with van der Waals surface area (Å²) < 4.78 is 4.31. The average Bonchev–Trinajstić information content (AvgIpc) is 1.27. The summed E-state index contributed by atoms with van der Waals surface area (Å²) in [5, 5.41) is 0. The second kappa shape index (κ2) is 2.44. The molecule has 0 bridgehead atoms. The molecular weight excluding hydrogens is 94.0 g/mol. The smallest absolute Gasteiger partial charge is 0.405 e. The van der Waals surface area contributed by atoms with Crippen LogP contribution in [0.25, 0.3) is 0 Å². The summed E-state index contributed by atoms with van der Waals surface area (Å²) in [6.45, 7) is 3.32. The van der Waals surface area contributed by atoms with Gasteiger partial charge in [0.25, 0.3) is 0 Å². The van der Waals surface area contributed by atoms with Crippen LogP contribution in [0.15, 0.2) is 0 Å². The lowest BCUT2D eigenvalue weighted by Gasteiger charge is -1.99. The first-order valence-electron chi connectivity index (χ1n) is 1.90. The highest BCUT2D eigenvalue weighted by Crippen LogP contribution is 1.94. The largest absolute Gasteiger partial charge is 0.439 e. The first-order chi connectivity index (χ1) is 3.13. The molecule has 0 aromatic heterocycles. The molecule has 0 atom stereocenters. The maximum atomic E-state index is 9.79. The van der Waals surface area contributed by atoms with Crippen molar-refractivity contribution in [2.45, 2.75) is 13.8 Å². The van der Waals surface area contributed by atoms with Crippen LogP contribution in [0.4, 0.5) is 4.79 Å². The van der Waals surface area contributed by atoms with Gasteiger partial charge in [0.05, 0.1) is 0 Å². The quantitative estimate of drug-likeness (QED) is 0.528. The van der Waals surface area contributed by atoms with Gasteiger partial charge in [0.2, 0.25) is 0 Å². The second-order valence-electron chi connectivity index (χ2n) is 1.33. The molecule has 0 saturated heterocycles. The van der Waals surface area contributed by atoms with Crippen molar-refractivity contribution in [3.8, 4) is 0 Å². The molecule has 0 aromatic carbocycles. The van der Waals surface area contributed by atoms with E-state index in [1.165, 1.54) is 0 Å². The molecule has 0 aliphatic rings. The van der Waals surface area contributed by atoms with E-state index in [4.69, 9.17) is 0 Å². The van der Waals surface area contributed by atoms with Crippen LogP contribution in [0.5, 0.6) is 0 Å². The lowest BCUT2D eigenvalue weighted by molar-refractivity contribution is 0.167. The Hall–Kier alpha value is -0.730. The number of nitrogens with two attached hydrogens (primary N) is 1. The second-order valence-corrected chi connectivity index (χ2v) is 1.33. The van der Waals surface area contributed by atoms with Gasteiger partial charge in [-0.3, -0.25) is 0 Å². The highest BCUT2D eigenvalue weighted by molar-refractivity contribution is 5.65. The third-order valence-corrected chi connectivity index (χ3v) is 0.305. The van der Waals surface area contributed by atoms with E-state index in [0.29, 0.717) is 6.10 Å². The number of carbonyl (C=O) groups excluding carboxylic acids is 1. The highest BCUT2D eigenvalue weighted by atomic mass is 16.6. The Morgan fingerprint density at radius 2 is 2.00 bits per heavy atom. The molecule has 0 unspecified atom stereocenters. The molecule has 0 spiro atoms. The summed E-state index contributed by atoms with van der Waals surface area (Å²) in [7, 11) is 0. The summed E-state index contributed by atoms with van der Waals surface area (Å²) in [4.78, 5) is 9.79. The van der Waals surface area contributed by atoms with E-state index in [1.807, 2.05) is 0 Å². The lowest BCUT2D eigenvalue weighted by atomic mass is 10.5. The minimum atomic E-state index is -0.750. The monoisotopic (exact) mass is 102 g/mol. The average molecular weight is 102 g/mol. The van der Waals surface area contributed by atoms with Gasteiger partial charge in [-0.05, 0) is 13.8 Å². The molecule has 0 saturated carbocycles. The van der Waals surface area contributed by atoms with Gasteiger partial charge in [0.15, 0.2) is 0 Å². The van der Waals surface area contributed by atoms with Crippen LogP contribution in [0.2, 0.25) is 0 Å². The topological polar surface area (TPSA) is 52.3 Å². The van der Waals surface area contributed by atoms with Crippen molar-refractivity contribution in [3.05, 3.63) is 6.10 Å². The van der Waals surface area contributed by atoms with Gasteiger partial charge in [-0.15, -0.1) is 0 Å². The van der Waals surface area contributed by atoms with Crippen LogP contribution in [0.3, 0.4) is 0 Å². The van der Waals surface area contributed by atoms with E-state index in [-0.39, 0.29) is 0 Å². The Balaban J connectivity index is 3.13. The molecule has 0 rings (SSSR count). The van der Waals surface area contributed by atoms with Crippen molar-refractivity contribution in [2.75, 3.05) is 0 Å². The summed E-state index contributed by atoms with van der Waals surface area (Å²) in [6, 6.07) is 0. The van der Waals surface area contributed by atoms with E-state index in [2.05, 4.69) is 10.5 Å². The maximum Gasteiger partial charge on any atom is 0.405 e. The van der Waals surface area contributed by atoms with E-state index < -0.39 is 6.09 Å². The van der Waals surface area contributed by atoms with Gasteiger partial charge in [-0.2, -0.15) is 0 Å². The molecule has 3 nitrogen and oxygen atoms in total. The van der Waals surface area contributed by atoms with Crippen LogP contribution in [-0.4, -0.2) is 6.09 Å². The Morgan fingerprint density at radius 1 is 1.57 bits per heavy atom. The van der Waals surface area contributed by atoms with Crippen LogP contribution >= 0.6 is 0 Å². The van der Waals surface area contributed by atoms with Gasteiger partial charge in [-0.25, -0.2) is 4.79 Å². The van der Waals surface area contributed by atoms with Crippen molar-refractivity contribution in [2.24, 2.45) is 5.73 Å². The lowest BCUT2D eigenvalue weighted by Crippen LogP contribution is -2.13. The van der Waals surface area contributed by atoms with Crippen molar-refractivity contribution in [1.29, 1.82) is 0 Å². The van der Waals surface area contributed by atoms with Crippen molar-refractivity contribution >= 4 is 6.09 Å². The number of hydrogen-bond acceptors (Lipinski definition) is 2. The normalized spacial score (nSPS) is 9.00. The van der Waals surface area contributed by atoms with Crippen LogP contribution in [-0.2, 0) is 4.74 Å². The van der Waals surface area contributed by atoms with Gasteiger partial charge in [0.1, 0.15) is 6.10 Å². The number of amides is 1. The Labute approximate surface area is 42.4 Å². The summed E-state index contributed by atoms with van der Waals surface area (Å²) >= 11 is 0. The molecule has 2 N–H and O–H groups in total.